The molecule has 0 aliphatic heterocycles. The molecule has 0 spiro atoms. The normalized spacial score (nSPS) is 12.8. The Balaban J connectivity index is 0.00000408. The molecule has 0 saturated carbocycles. The van der Waals surface area contributed by atoms with Gasteiger partial charge < -0.3 is 4.57 Å². The van der Waals surface area contributed by atoms with Gasteiger partial charge in [-0.05, 0) is 100 Å². The van der Waals surface area contributed by atoms with Gasteiger partial charge in [-0.25, -0.2) is 9.97 Å². The summed E-state index contributed by atoms with van der Waals surface area (Å²) < 4.78 is 4.99. The maximum absolute atomic E-state index is 5.15. The van der Waals surface area contributed by atoms with E-state index in [1.807, 2.05) is 35.6 Å². The zero-order valence-electron chi connectivity index (χ0n) is 32.6. The summed E-state index contributed by atoms with van der Waals surface area (Å²) in [5.41, 5.74) is 16.4. The van der Waals surface area contributed by atoms with Crippen molar-refractivity contribution >= 4 is 53.3 Å². The highest BCUT2D eigenvalue weighted by molar-refractivity contribution is 7.25. The van der Waals surface area contributed by atoms with Crippen LogP contribution in [0.25, 0.3) is 104 Å². The van der Waals surface area contributed by atoms with E-state index in [-0.39, 0.29) is 12.8 Å². The maximum Gasteiger partial charge on any atom is 0.160 e. The summed E-state index contributed by atoms with van der Waals surface area (Å²) in [5.74, 6) is 0.724. The number of nitrogens with zero attached hydrogens (tertiary/aromatic N) is 3. The van der Waals surface area contributed by atoms with Crippen LogP contribution >= 0.6 is 11.3 Å². The Morgan fingerprint density at radius 3 is 1.68 bits per heavy atom. The SMILES string of the molecule is C.CC1(C)c2ccccc2-c2cc3c4cc(-c5ccc6sc7ccc(-c8cc(-c9ccccc9)nc(-c9ccccc9)n8)cc7c6c5)ccc4n(-c4ccccc4)c3cc21. The first-order valence-electron chi connectivity index (χ1n) is 20.2. The minimum atomic E-state index is -0.0797. The summed E-state index contributed by atoms with van der Waals surface area (Å²) in [6.45, 7) is 4.73. The van der Waals surface area contributed by atoms with Gasteiger partial charge in [0.25, 0.3) is 0 Å². The van der Waals surface area contributed by atoms with Crippen molar-refractivity contribution in [1.29, 1.82) is 0 Å². The molecule has 4 heteroatoms. The van der Waals surface area contributed by atoms with E-state index in [0.717, 1.165) is 33.9 Å². The quantitative estimate of drug-likeness (QED) is 0.174. The monoisotopic (exact) mass is 787 g/mol. The van der Waals surface area contributed by atoms with Gasteiger partial charge in [0.2, 0.25) is 0 Å². The second kappa shape index (κ2) is 13.7. The van der Waals surface area contributed by atoms with Gasteiger partial charge in [0.05, 0.1) is 22.4 Å². The van der Waals surface area contributed by atoms with Gasteiger partial charge >= 0.3 is 0 Å². The average Bonchev–Trinajstić information content (AvgIpc) is 3.90. The van der Waals surface area contributed by atoms with Crippen LogP contribution in [0.4, 0.5) is 0 Å². The highest BCUT2D eigenvalue weighted by Gasteiger charge is 2.36. The number of thiophene rings is 1. The Kier molecular flexibility index (Phi) is 8.23. The third-order valence-electron chi connectivity index (χ3n) is 12.4. The minimum Gasteiger partial charge on any atom is -0.309 e. The number of rotatable bonds is 5. The van der Waals surface area contributed by atoms with Crippen LogP contribution in [0, 0.1) is 0 Å². The van der Waals surface area contributed by atoms with Crippen LogP contribution in [0.5, 0.6) is 0 Å². The molecule has 8 aromatic carbocycles. The summed E-state index contributed by atoms with van der Waals surface area (Å²) in [4.78, 5) is 10.2. The van der Waals surface area contributed by atoms with Crippen molar-refractivity contribution in [2.75, 3.05) is 0 Å². The average molecular weight is 788 g/mol. The highest BCUT2D eigenvalue weighted by atomic mass is 32.1. The molecule has 11 aromatic rings. The third-order valence-corrected chi connectivity index (χ3v) is 13.6. The number of benzene rings is 8. The van der Waals surface area contributed by atoms with Crippen LogP contribution in [0.2, 0.25) is 0 Å². The molecule has 3 aromatic heterocycles. The molecule has 0 radical (unpaired) electrons. The lowest BCUT2D eigenvalue weighted by molar-refractivity contribution is 0.661. The fraction of sp³-hybridized carbons (Fsp3) is 0.0714. The molecule has 0 atom stereocenters. The van der Waals surface area contributed by atoms with Crippen LogP contribution in [0.3, 0.4) is 0 Å². The molecule has 60 heavy (non-hydrogen) atoms. The zero-order chi connectivity index (χ0) is 39.2. The number of aromatic nitrogens is 3. The molecule has 0 N–H and O–H groups in total. The van der Waals surface area contributed by atoms with Crippen molar-refractivity contribution < 1.29 is 0 Å². The van der Waals surface area contributed by atoms with Crippen molar-refractivity contribution in [2.24, 2.45) is 0 Å². The Bertz CT molecular complexity index is 3390. The molecule has 1 aliphatic rings. The van der Waals surface area contributed by atoms with Gasteiger partial charge in [-0.2, -0.15) is 0 Å². The van der Waals surface area contributed by atoms with E-state index in [0.29, 0.717) is 0 Å². The maximum atomic E-state index is 5.15. The molecular formula is C56H41N3S. The second-order valence-electron chi connectivity index (χ2n) is 16.2. The lowest BCUT2D eigenvalue weighted by atomic mass is 9.82. The van der Waals surface area contributed by atoms with E-state index < -0.39 is 0 Å². The number of fused-ring (bicyclic) bond motifs is 9. The molecule has 0 bridgehead atoms. The Morgan fingerprint density at radius 2 is 0.967 bits per heavy atom. The zero-order valence-corrected chi connectivity index (χ0v) is 33.5. The van der Waals surface area contributed by atoms with Crippen molar-refractivity contribution in [3.63, 3.8) is 0 Å². The fourth-order valence-electron chi connectivity index (χ4n) is 9.43. The van der Waals surface area contributed by atoms with Crippen LogP contribution in [0.1, 0.15) is 32.4 Å². The topological polar surface area (TPSA) is 30.7 Å². The first-order chi connectivity index (χ1) is 29.0. The molecule has 12 rings (SSSR count). The molecule has 0 unspecified atom stereocenters. The molecular weight excluding hydrogens is 747 g/mol. The van der Waals surface area contributed by atoms with Crippen molar-refractivity contribution in [3.8, 4) is 61.8 Å². The number of para-hydroxylation sites is 1. The summed E-state index contributed by atoms with van der Waals surface area (Å²) in [7, 11) is 0. The predicted molar refractivity (Wildman–Crippen MR) is 255 cm³/mol. The number of hydrogen-bond donors (Lipinski definition) is 0. The Morgan fingerprint density at radius 1 is 0.417 bits per heavy atom. The van der Waals surface area contributed by atoms with Crippen LogP contribution in [0.15, 0.2) is 188 Å². The first kappa shape index (κ1) is 36.0. The van der Waals surface area contributed by atoms with Gasteiger partial charge in [-0.15, -0.1) is 11.3 Å². The summed E-state index contributed by atoms with van der Waals surface area (Å²) in [6.07, 6.45) is 0. The largest absolute Gasteiger partial charge is 0.309 e. The van der Waals surface area contributed by atoms with Crippen LogP contribution in [-0.2, 0) is 5.41 Å². The lowest BCUT2D eigenvalue weighted by Crippen LogP contribution is -2.14. The summed E-state index contributed by atoms with van der Waals surface area (Å²) in [5, 5.41) is 5.03. The molecule has 0 saturated heterocycles. The van der Waals surface area contributed by atoms with E-state index in [1.54, 1.807) is 0 Å². The van der Waals surface area contributed by atoms with E-state index in [4.69, 9.17) is 9.97 Å². The first-order valence-corrected chi connectivity index (χ1v) is 21.0. The molecule has 3 nitrogen and oxygen atoms in total. The molecule has 1 aliphatic carbocycles. The van der Waals surface area contributed by atoms with Gasteiger partial charge in [0.15, 0.2) is 5.82 Å². The highest BCUT2D eigenvalue weighted by Crippen LogP contribution is 2.51. The molecule has 286 valence electrons. The molecule has 3 heterocycles. The van der Waals surface area contributed by atoms with Gasteiger partial charge in [0, 0.05) is 58.7 Å². The second-order valence-corrected chi connectivity index (χ2v) is 17.3. The van der Waals surface area contributed by atoms with Crippen LogP contribution < -0.4 is 0 Å². The van der Waals surface area contributed by atoms with Crippen molar-refractivity contribution in [1.82, 2.24) is 14.5 Å². The van der Waals surface area contributed by atoms with E-state index in [2.05, 4.69) is 182 Å². The summed E-state index contributed by atoms with van der Waals surface area (Å²) in [6, 6.07) is 68.2. The Hall–Kier alpha value is -7.14. The standard InChI is InChI=1S/C55H37N3S.CH4/c1-55(2)46-21-13-12-20-40(46)41-31-43-42-28-36(22-25-50(42)58(51(43)32-47(41)55)39-18-10-5-11-19-39)37-23-26-52-44(29-37)45-30-38(24-27-53(45)59-52)49-33-48(34-14-6-3-7-15-34)56-54(57-49)35-16-8-4-9-17-35;/h3-33H,1-2H3;1H4. The van der Waals surface area contributed by atoms with Crippen molar-refractivity contribution in [2.45, 2.75) is 26.7 Å². The molecule has 0 fully saturated rings. The fourth-order valence-corrected chi connectivity index (χ4v) is 10.5. The van der Waals surface area contributed by atoms with Gasteiger partial charge in [-0.3, -0.25) is 0 Å². The molecule has 0 amide bonds. The smallest absolute Gasteiger partial charge is 0.160 e. The third kappa shape index (κ3) is 5.56. The van der Waals surface area contributed by atoms with Crippen molar-refractivity contribution in [3.05, 3.63) is 199 Å². The minimum absolute atomic E-state index is 0. The lowest BCUT2D eigenvalue weighted by Gasteiger charge is -2.21. The van der Waals surface area contributed by atoms with Gasteiger partial charge in [-0.1, -0.05) is 143 Å². The van der Waals surface area contributed by atoms with Gasteiger partial charge in [0.1, 0.15) is 0 Å². The van der Waals surface area contributed by atoms with E-state index in [9.17, 15) is 0 Å². The summed E-state index contributed by atoms with van der Waals surface area (Å²) >= 11 is 1.84. The number of hydrogen-bond acceptors (Lipinski definition) is 3. The Labute approximate surface area is 353 Å². The predicted octanol–water partition coefficient (Wildman–Crippen LogP) is 15.6. The van der Waals surface area contributed by atoms with E-state index in [1.165, 1.54) is 81.0 Å². The van der Waals surface area contributed by atoms with E-state index >= 15 is 0 Å². The van der Waals surface area contributed by atoms with Crippen LogP contribution in [-0.4, -0.2) is 14.5 Å².